The Bertz CT molecular complexity index is 678. The van der Waals surface area contributed by atoms with E-state index >= 15 is 0 Å². The molecule has 7 heteroatoms. The van der Waals surface area contributed by atoms with E-state index < -0.39 is 10.0 Å². The van der Waals surface area contributed by atoms with E-state index in [0.29, 0.717) is 5.69 Å². The molecule has 2 amide bonds. The second-order valence-corrected chi connectivity index (χ2v) is 8.56. The standard InChI is InChI=1S/C17H25N3O3S/c1-24(22,23)19-14-7-9-15(10-8-14)20(16-11-12-16)17(21)18-13-5-3-2-4-6-13/h7-10,13,16,19H,2-6,11-12H2,1H3,(H,18,21). The van der Waals surface area contributed by atoms with Crippen LogP contribution in [0.2, 0.25) is 0 Å². The molecular weight excluding hydrogens is 326 g/mol. The molecule has 3 rings (SSSR count). The van der Waals surface area contributed by atoms with E-state index in [0.717, 1.165) is 37.6 Å². The normalized spacial score (nSPS) is 18.9. The number of benzene rings is 1. The van der Waals surface area contributed by atoms with E-state index in [1.54, 1.807) is 24.3 Å². The Labute approximate surface area is 143 Å². The van der Waals surface area contributed by atoms with Crippen molar-refractivity contribution in [3.8, 4) is 0 Å². The molecule has 0 radical (unpaired) electrons. The van der Waals surface area contributed by atoms with Crippen molar-refractivity contribution < 1.29 is 13.2 Å². The Balaban J connectivity index is 1.69. The molecule has 24 heavy (non-hydrogen) atoms. The molecule has 1 aromatic carbocycles. The van der Waals surface area contributed by atoms with Crippen molar-refractivity contribution in [3.63, 3.8) is 0 Å². The number of urea groups is 1. The van der Waals surface area contributed by atoms with Crippen LogP contribution in [0.15, 0.2) is 24.3 Å². The summed E-state index contributed by atoms with van der Waals surface area (Å²) < 4.78 is 25.0. The van der Waals surface area contributed by atoms with Crippen molar-refractivity contribution in [3.05, 3.63) is 24.3 Å². The van der Waals surface area contributed by atoms with Crippen LogP contribution in [-0.4, -0.2) is 32.8 Å². The number of hydrogen-bond acceptors (Lipinski definition) is 3. The van der Waals surface area contributed by atoms with Gasteiger partial charge in [-0.1, -0.05) is 19.3 Å². The Hall–Kier alpha value is -1.76. The highest BCUT2D eigenvalue weighted by molar-refractivity contribution is 7.92. The van der Waals surface area contributed by atoms with Gasteiger partial charge in [-0.25, -0.2) is 13.2 Å². The molecule has 0 unspecified atom stereocenters. The van der Waals surface area contributed by atoms with Crippen LogP contribution in [0.4, 0.5) is 16.2 Å². The van der Waals surface area contributed by atoms with Crippen molar-refractivity contribution in [2.45, 2.75) is 57.0 Å². The van der Waals surface area contributed by atoms with Crippen molar-refractivity contribution in [2.24, 2.45) is 0 Å². The fourth-order valence-electron chi connectivity index (χ4n) is 3.22. The average Bonchev–Trinajstić information content (AvgIpc) is 3.33. The van der Waals surface area contributed by atoms with E-state index in [-0.39, 0.29) is 18.1 Å². The van der Waals surface area contributed by atoms with Gasteiger partial charge in [0.1, 0.15) is 0 Å². The van der Waals surface area contributed by atoms with Crippen LogP contribution in [0.1, 0.15) is 44.9 Å². The molecule has 0 spiro atoms. The van der Waals surface area contributed by atoms with Crippen LogP contribution in [0.3, 0.4) is 0 Å². The summed E-state index contributed by atoms with van der Waals surface area (Å²) >= 11 is 0. The second-order valence-electron chi connectivity index (χ2n) is 6.81. The third-order valence-electron chi connectivity index (χ3n) is 4.51. The van der Waals surface area contributed by atoms with E-state index in [1.807, 2.05) is 4.90 Å². The Morgan fingerprint density at radius 2 is 1.67 bits per heavy atom. The maximum absolute atomic E-state index is 12.7. The van der Waals surface area contributed by atoms with Gasteiger partial charge in [-0.05, 0) is 49.9 Å². The first-order valence-corrected chi connectivity index (χ1v) is 10.5. The highest BCUT2D eigenvalue weighted by Gasteiger charge is 2.34. The molecule has 2 N–H and O–H groups in total. The number of carbonyl (C=O) groups excluding carboxylic acids is 1. The van der Waals surface area contributed by atoms with Crippen LogP contribution < -0.4 is 14.9 Å². The van der Waals surface area contributed by atoms with Crippen molar-refractivity contribution >= 4 is 27.4 Å². The average molecular weight is 351 g/mol. The lowest BCUT2D eigenvalue weighted by Gasteiger charge is -2.28. The first-order chi connectivity index (χ1) is 11.4. The zero-order chi connectivity index (χ0) is 17.2. The summed E-state index contributed by atoms with van der Waals surface area (Å²) in [7, 11) is -3.29. The van der Waals surface area contributed by atoms with E-state index in [4.69, 9.17) is 0 Å². The van der Waals surface area contributed by atoms with Crippen LogP contribution in [0.25, 0.3) is 0 Å². The zero-order valence-corrected chi connectivity index (χ0v) is 14.8. The lowest BCUT2D eigenvalue weighted by molar-refractivity contribution is 0.238. The van der Waals surface area contributed by atoms with Gasteiger partial charge in [-0.2, -0.15) is 0 Å². The number of carbonyl (C=O) groups is 1. The van der Waals surface area contributed by atoms with E-state index in [9.17, 15) is 13.2 Å². The molecule has 0 aliphatic heterocycles. The third kappa shape index (κ3) is 4.63. The summed E-state index contributed by atoms with van der Waals surface area (Å²) in [5.41, 5.74) is 1.31. The topological polar surface area (TPSA) is 78.5 Å². The second kappa shape index (κ2) is 7.01. The van der Waals surface area contributed by atoms with Crippen molar-refractivity contribution in [1.82, 2.24) is 5.32 Å². The smallest absolute Gasteiger partial charge is 0.322 e. The Morgan fingerprint density at radius 3 is 2.21 bits per heavy atom. The summed E-state index contributed by atoms with van der Waals surface area (Å²) in [5.74, 6) is 0. The number of nitrogens with one attached hydrogen (secondary N) is 2. The molecule has 2 aliphatic rings. The maximum Gasteiger partial charge on any atom is 0.322 e. The largest absolute Gasteiger partial charge is 0.335 e. The molecule has 0 saturated heterocycles. The molecule has 0 aromatic heterocycles. The van der Waals surface area contributed by atoms with Gasteiger partial charge in [0.05, 0.1) is 6.26 Å². The highest BCUT2D eigenvalue weighted by atomic mass is 32.2. The van der Waals surface area contributed by atoms with Crippen molar-refractivity contribution in [2.75, 3.05) is 15.9 Å². The molecule has 0 heterocycles. The summed E-state index contributed by atoms with van der Waals surface area (Å²) in [5, 5.41) is 3.17. The molecule has 2 saturated carbocycles. The number of rotatable bonds is 5. The SMILES string of the molecule is CS(=O)(=O)Nc1ccc(N(C(=O)NC2CCCCC2)C2CC2)cc1. The maximum atomic E-state index is 12.7. The minimum atomic E-state index is -3.29. The third-order valence-corrected chi connectivity index (χ3v) is 5.12. The minimum Gasteiger partial charge on any atom is -0.335 e. The van der Waals surface area contributed by atoms with Gasteiger partial charge in [-0.15, -0.1) is 0 Å². The van der Waals surface area contributed by atoms with Crippen LogP contribution >= 0.6 is 0 Å². The van der Waals surface area contributed by atoms with Crippen LogP contribution in [-0.2, 0) is 10.0 Å². The van der Waals surface area contributed by atoms with Gasteiger partial charge in [0.15, 0.2) is 0 Å². The summed E-state index contributed by atoms with van der Waals surface area (Å²) in [6, 6.07) is 7.48. The lowest BCUT2D eigenvalue weighted by atomic mass is 9.96. The monoisotopic (exact) mass is 351 g/mol. The number of amides is 2. The fourth-order valence-corrected chi connectivity index (χ4v) is 3.79. The molecule has 132 valence electrons. The van der Waals surface area contributed by atoms with E-state index in [1.165, 1.54) is 19.3 Å². The van der Waals surface area contributed by atoms with Crippen LogP contribution in [0.5, 0.6) is 0 Å². The molecule has 2 aliphatic carbocycles. The van der Waals surface area contributed by atoms with Crippen LogP contribution in [0, 0.1) is 0 Å². The van der Waals surface area contributed by atoms with Crippen molar-refractivity contribution in [1.29, 1.82) is 0 Å². The van der Waals surface area contributed by atoms with E-state index in [2.05, 4.69) is 10.0 Å². The molecule has 1 aromatic rings. The number of nitrogens with zero attached hydrogens (tertiary/aromatic N) is 1. The van der Waals surface area contributed by atoms with Gasteiger partial charge in [0, 0.05) is 23.5 Å². The zero-order valence-electron chi connectivity index (χ0n) is 14.0. The minimum absolute atomic E-state index is 0.0341. The van der Waals surface area contributed by atoms with Gasteiger partial charge in [-0.3, -0.25) is 9.62 Å². The quantitative estimate of drug-likeness (QED) is 0.856. The Morgan fingerprint density at radius 1 is 1.04 bits per heavy atom. The highest BCUT2D eigenvalue weighted by Crippen LogP contribution is 2.32. The number of sulfonamides is 1. The lowest BCUT2D eigenvalue weighted by Crippen LogP contribution is -2.46. The van der Waals surface area contributed by atoms with Gasteiger partial charge in [0.2, 0.25) is 10.0 Å². The predicted molar refractivity (Wildman–Crippen MR) is 95.8 cm³/mol. The number of anilines is 2. The summed E-state index contributed by atoms with van der Waals surface area (Å²) in [6.07, 6.45) is 8.88. The van der Waals surface area contributed by atoms with Gasteiger partial charge in [0.25, 0.3) is 0 Å². The first-order valence-electron chi connectivity index (χ1n) is 8.60. The van der Waals surface area contributed by atoms with Gasteiger partial charge >= 0.3 is 6.03 Å². The summed E-state index contributed by atoms with van der Waals surface area (Å²) in [4.78, 5) is 14.5. The number of hydrogen-bond donors (Lipinski definition) is 2. The first kappa shape index (κ1) is 17.1. The Kier molecular flexibility index (Phi) is 4.99. The molecule has 0 atom stereocenters. The van der Waals surface area contributed by atoms with Gasteiger partial charge < -0.3 is 5.32 Å². The summed E-state index contributed by atoms with van der Waals surface area (Å²) in [6.45, 7) is 0. The molecule has 6 nitrogen and oxygen atoms in total. The predicted octanol–water partition coefficient (Wildman–Crippen LogP) is 3.07. The molecular formula is C17H25N3O3S. The fraction of sp³-hybridized carbons (Fsp3) is 0.588. The molecule has 0 bridgehead atoms. The molecule has 2 fully saturated rings.